The van der Waals surface area contributed by atoms with Crippen LogP contribution in [0.1, 0.15) is 71.9 Å². The van der Waals surface area contributed by atoms with E-state index >= 15 is 0 Å². The number of methoxy groups -OCH3 is 1. The summed E-state index contributed by atoms with van der Waals surface area (Å²) in [7, 11) is 17.3. The molecular formula is C57H104N8O12. The number of aldehydes is 1. The van der Waals surface area contributed by atoms with E-state index in [1.807, 2.05) is 91.5 Å². The van der Waals surface area contributed by atoms with Crippen molar-refractivity contribution in [1.29, 1.82) is 0 Å². The van der Waals surface area contributed by atoms with E-state index in [-0.39, 0.29) is 41.7 Å². The second-order valence-corrected chi connectivity index (χ2v) is 13.2. The molecule has 0 spiro atoms. The minimum Gasteiger partial charge on any atom is -0.460 e. The molecule has 444 valence electrons. The summed E-state index contributed by atoms with van der Waals surface area (Å²) < 4.78 is 19.8. The average Bonchev–Trinajstić information content (AvgIpc) is 3.46. The highest BCUT2D eigenvalue weighted by atomic mass is 17.2. The van der Waals surface area contributed by atoms with Gasteiger partial charge >= 0.3 is 17.9 Å². The predicted octanol–water partition coefficient (Wildman–Crippen LogP) is 7.41. The minimum absolute atomic E-state index is 0. The Labute approximate surface area is 465 Å². The van der Waals surface area contributed by atoms with Crippen molar-refractivity contribution in [3.8, 4) is 0 Å². The first-order chi connectivity index (χ1) is 36.1. The summed E-state index contributed by atoms with van der Waals surface area (Å²) in [6.45, 7) is 6.96. The van der Waals surface area contributed by atoms with Gasteiger partial charge in [0.1, 0.15) is 12.9 Å². The van der Waals surface area contributed by atoms with E-state index in [4.69, 9.17) is 18.9 Å². The Morgan fingerprint density at radius 3 is 1.27 bits per heavy atom. The van der Waals surface area contributed by atoms with Gasteiger partial charge in [-0.1, -0.05) is 126 Å². The highest BCUT2D eigenvalue weighted by molar-refractivity contribution is 5.81. The number of nitrogens with two attached hydrogens (primary N) is 4. The molecule has 2 aliphatic carbocycles. The second-order valence-electron chi connectivity index (χ2n) is 13.2. The molecule has 77 heavy (non-hydrogen) atoms. The number of benzene rings is 2. The molecule has 0 aromatic heterocycles. The number of nitrogens with zero attached hydrogens (tertiary/aromatic N) is 4. The second kappa shape index (κ2) is 81.2. The largest absolute Gasteiger partial charge is 0.460 e. The van der Waals surface area contributed by atoms with Gasteiger partial charge in [-0.3, -0.25) is 29.5 Å². The number of allylic oxidation sites excluding steroid dienone is 8. The SMILES string of the molecule is C.C.C.C=CC(=O)OCCOCCOCCOC.CN.CN.CN.CN.CN=CC1=CC=CCC1.CN=Cc1ccccc1.CN=Cc1ccccc1.COOC(=O)CCN(C)CCC(=O)OOC.O=CC1=CC=CCC1. The Balaban J connectivity index is -0.000000101. The van der Waals surface area contributed by atoms with Crippen LogP contribution in [-0.2, 0) is 57.7 Å². The molecule has 0 aliphatic heterocycles. The molecule has 0 atom stereocenters. The molecule has 0 amide bonds. The van der Waals surface area contributed by atoms with Gasteiger partial charge in [-0.25, -0.2) is 14.4 Å². The van der Waals surface area contributed by atoms with Crippen molar-refractivity contribution >= 4 is 42.8 Å². The van der Waals surface area contributed by atoms with Gasteiger partial charge in [0.2, 0.25) is 0 Å². The van der Waals surface area contributed by atoms with E-state index in [0.29, 0.717) is 46.1 Å². The van der Waals surface area contributed by atoms with Gasteiger partial charge in [0.15, 0.2) is 0 Å². The van der Waals surface area contributed by atoms with Gasteiger partial charge in [-0.2, -0.15) is 9.78 Å². The van der Waals surface area contributed by atoms with Crippen LogP contribution in [0.15, 0.2) is 136 Å². The van der Waals surface area contributed by atoms with Gasteiger partial charge in [0, 0.05) is 66.1 Å². The lowest BCUT2D eigenvalue weighted by Gasteiger charge is -2.14. The summed E-state index contributed by atoms with van der Waals surface area (Å²) in [6.07, 6.45) is 24.5. The summed E-state index contributed by atoms with van der Waals surface area (Å²) in [6, 6.07) is 20.1. The third-order valence-electron chi connectivity index (χ3n) is 7.88. The number of ether oxygens (including phenoxy) is 4. The van der Waals surface area contributed by atoms with Crippen LogP contribution in [0.2, 0.25) is 0 Å². The molecule has 2 aliphatic rings. The fourth-order valence-electron chi connectivity index (χ4n) is 4.66. The highest BCUT2D eigenvalue weighted by Gasteiger charge is 2.09. The lowest BCUT2D eigenvalue weighted by atomic mass is 10.1. The first-order valence-electron chi connectivity index (χ1n) is 23.6. The highest BCUT2D eigenvalue weighted by Crippen LogP contribution is 2.09. The van der Waals surface area contributed by atoms with Crippen molar-refractivity contribution in [3.63, 3.8) is 0 Å². The number of carbonyl (C=O) groups is 4. The molecule has 8 N–H and O–H groups in total. The summed E-state index contributed by atoms with van der Waals surface area (Å²) in [5.41, 5.74) is 22.5. The number of aliphatic imine (C=N–C) groups is 3. The molecule has 0 radical (unpaired) electrons. The molecule has 0 heterocycles. The Morgan fingerprint density at radius 2 is 0.961 bits per heavy atom. The maximum absolute atomic E-state index is 10.9. The van der Waals surface area contributed by atoms with Crippen LogP contribution >= 0.6 is 0 Å². The van der Waals surface area contributed by atoms with E-state index in [1.54, 1.807) is 40.2 Å². The lowest BCUT2D eigenvalue weighted by Crippen LogP contribution is -2.25. The molecule has 0 unspecified atom stereocenters. The molecule has 20 heteroatoms. The number of esters is 1. The van der Waals surface area contributed by atoms with Crippen molar-refractivity contribution in [2.24, 2.45) is 37.9 Å². The number of hydrogen-bond donors (Lipinski definition) is 4. The molecule has 20 nitrogen and oxygen atoms in total. The summed E-state index contributed by atoms with van der Waals surface area (Å²) in [5.74, 6) is -1.34. The van der Waals surface area contributed by atoms with E-state index in [0.717, 1.165) is 54.7 Å². The zero-order chi connectivity index (χ0) is 57.1. The average molecular weight is 1090 g/mol. The number of rotatable bonds is 22. The maximum atomic E-state index is 10.9. The van der Waals surface area contributed by atoms with Crippen molar-refractivity contribution in [1.82, 2.24) is 4.90 Å². The van der Waals surface area contributed by atoms with E-state index in [2.05, 4.69) is 88.3 Å². The molecule has 0 saturated carbocycles. The third-order valence-corrected chi connectivity index (χ3v) is 7.88. The van der Waals surface area contributed by atoms with Gasteiger partial charge in [-0.15, -0.1) is 0 Å². The zero-order valence-electron chi connectivity index (χ0n) is 46.2. The van der Waals surface area contributed by atoms with Gasteiger partial charge in [0.05, 0.1) is 60.1 Å². The monoisotopic (exact) mass is 1090 g/mol. The fourth-order valence-corrected chi connectivity index (χ4v) is 4.66. The normalized spacial score (nSPS) is 10.8. The topological polar surface area (TPSA) is 287 Å². The molecule has 0 fully saturated rings. The maximum Gasteiger partial charge on any atom is 0.343 e. The lowest BCUT2D eigenvalue weighted by molar-refractivity contribution is -0.255. The fraction of sp³-hybridized carbons (Fsp3) is 0.491. The van der Waals surface area contributed by atoms with Gasteiger partial charge < -0.3 is 46.8 Å². The predicted molar refractivity (Wildman–Crippen MR) is 322 cm³/mol. The zero-order valence-corrected chi connectivity index (χ0v) is 46.2. The number of carbonyl (C=O) groups excluding carboxylic acids is 4. The molecule has 0 saturated heterocycles. The van der Waals surface area contributed by atoms with Crippen LogP contribution < -0.4 is 22.9 Å². The third kappa shape index (κ3) is 74.1. The van der Waals surface area contributed by atoms with Crippen LogP contribution in [0.5, 0.6) is 0 Å². The Morgan fingerprint density at radius 1 is 0.584 bits per heavy atom. The molecule has 4 rings (SSSR count). The quantitative estimate of drug-likeness (QED) is 0.0170. The standard InChI is InChI=1S/C10H18O5.C9H17NO6.C8H11N.2C8H9N.C7H8O.4CH5N.3CH4/c1-3-10(11)15-9-8-14-7-6-13-5-4-12-2;1-10(6-4-8(11)15-13-2)7-5-9(12)16-14-3;3*1-9-7-8-5-3-2-4-6-8;8-6-7-4-2-1-3-5-7;4*1-2;;;/h3H,1,4-9H2,2H3;4-7H2,1-3H3;2-3,5,7H,4,6H2,1H3;2*2-7H,1H3;1-2,4,6H,3,5H2;4*2H2,1H3;3*1H4. The van der Waals surface area contributed by atoms with Crippen LogP contribution in [0.3, 0.4) is 0 Å². The van der Waals surface area contributed by atoms with Gasteiger partial charge in [-0.05, 0) is 83.2 Å². The van der Waals surface area contributed by atoms with Gasteiger partial charge in [0.25, 0.3) is 0 Å². The molecule has 0 bridgehead atoms. The smallest absolute Gasteiger partial charge is 0.343 e. The van der Waals surface area contributed by atoms with Crippen molar-refractivity contribution in [2.75, 3.05) is 130 Å². The van der Waals surface area contributed by atoms with E-state index in [9.17, 15) is 19.2 Å². The molecule has 2 aromatic carbocycles. The summed E-state index contributed by atoms with van der Waals surface area (Å²) in [5, 5.41) is 0. The van der Waals surface area contributed by atoms with Crippen LogP contribution in [0.25, 0.3) is 0 Å². The summed E-state index contributed by atoms with van der Waals surface area (Å²) in [4.78, 5) is 72.9. The summed E-state index contributed by atoms with van der Waals surface area (Å²) >= 11 is 0. The first-order valence-corrected chi connectivity index (χ1v) is 23.6. The minimum atomic E-state index is -0.450. The Kier molecular flexibility index (Phi) is 95.3. The van der Waals surface area contributed by atoms with E-state index in [1.165, 1.54) is 48.0 Å². The Hall–Kier alpha value is -6.17. The van der Waals surface area contributed by atoms with Crippen molar-refractivity contribution in [3.05, 3.63) is 132 Å². The van der Waals surface area contributed by atoms with Crippen LogP contribution in [-0.4, -0.2) is 178 Å². The molecule has 2 aromatic rings. The Bertz CT molecular complexity index is 1690. The van der Waals surface area contributed by atoms with E-state index < -0.39 is 17.9 Å². The molecular weight excluding hydrogens is 989 g/mol. The van der Waals surface area contributed by atoms with Crippen LogP contribution in [0.4, 0.5) is 0 Å². The number of hydrogen-bond acceptors (Lipinski definition) is 20. The van der Waals surface area contributed by atoms with Crippen molar-refractivity contribution in [2.45, 2.75) is 60.8 Å². The van der Waals surface area contributed by atoms with Crippen molar-refractivity contribution < 1.29 is 57.7 Å². The van der Waals surface area contributed by atoms with Crippen LogP contribution in [0, 0.1) is 0 Å². The first kappa shape index (κ1) is 90.3.